The Labute approximate surface area is 124 Å². The lowest BCUT2D eigenvalue weighted by molar-refractivity contribution is 0.0658. The van der Waals surface area contributed by atoms with Gasteiger partial charge in [0.25, 0.3) is 11.8 Å². The van der Waals surface area contributed by atoms with Gasteiger partial charge in [-0.25, -0.2) is 4.98 Å². The summed E-state index contributed by atoms with van der Waals surface area (Å²) in [6.45, 7) is 3.15. The molecule has 3 rings (SSSR count). The predicted octanol–water partition coefficient (Wildman–Crippen LogP) is 0.361. The van der Waals surface area contributed by atoms with E-state index in [0.717, 1.165) is 25.9 Å². The average Bonchev–Trinajstić information content (AvgIpc) is 3.31. The first-order valence-electron chi connectivity index (χ1n) is 7.39. The van der Waals surface area contributed by atoms with Gasteiger partial charge in [-0.15, -0.1) is 0 Å². The minimum Gasteiger partial charge on any atom is -0.348 e. The molecule has 6 nitrogen and oxygen atoms in total. The van der Waals surface area contributed by atoms with Gasteiger partial charge in [0.05, 0.1) is 0 Å². The van der Waals surface area contributed by atoms with Gasteiger partial charge in [0, 0.05) is 32.2 Å². The van der Waals surface area contributed by atoms with Gasteiger partial charge in [-0.3, -0.25) is 9.59 Å². The number of hydrogen-bond donors (Lipinski definition) is 1. The Morgan fingerprint density at radius 1 is 1.14 bits per heavy atom. The molecule has 0 atom stereocenters. The van der Waals surface area contributed by atoms with E-state index in [1.807, 2.05) is 7.05 Å². The molecule has 1 aromatic heterocycles. The molecule has 112 valence electrons. The van der Waals surface area contributed by atoms with Crippen molar-refractivity contribution in [1.29, 1.82) is 0 Å². The van der Waals surface area contributed by atoms with Crippen LogP contribution in [0.4, 0.5) is 0 Å². The highest BCUT2D eigenvalue weighted by Crippen LogP contribution is 2.19. The largest absolute Gasteiger partial charge is 0.348 e. The van der Waals surface area contributed by atoms with Gasteiger partial charge < -0.3 is 15.1 Å². The molecule has 0 radical (unpaired) electrons. The van der Waals surface area contributed by atoms with Gasteiger partial charge in [-0.05, 0) is 32.0 Å². The molecule has 1 aromatic rings. The average molecular weight is 288 g/mol. The topological polar surface area (TPSA) is 65.5 Å². The summed E-state index contributed by atoms with van der Waals surface area (Å²) in [6.07, 6.45) is 2.07. The van der Waals surface area contributed by atoms with Crippen LogP contribution in [0.25, 0.3) is 0 Å². The molecule has 2 aliphatic rings. The number of nitrogens with one attached hydrogen (secondary N) is 1. The summed E-state index contributed by atoms with van der Waals surface area (Å²) in [5, 5.41) is 2.89. The Morgan fingerprint density at radius 3 is 2.48 bits per heavy atom. The normalized spacial score (nSPS) is 19.4. The monoisotopic (exact) mass is 288 g/mol. The van der Waals surface area contributed by atoms with Crippen molar-refractivity contribution in [3.63, 3.8) is 0 Å². The van der Waals surface area contributed by atoms with Crippen LogP contribution in [0.1, 0.15) is 33.8 Å². The molecule has 1 aliphatic heterocycles. The summed E-state index contributed by atoms with van der Waals surface area (Å²) in [7, 11) is 2.04. The number of pyridine rings is 1. The standard InChI is InChI=1S/C15H20N4O2/c1-18-7-9-19(10-8-18)15(21)13-4-2-3-12(17-13)14(20)16-11-5-6-11/h2-4,11H,5-10H2,1H3,(H,16,20). The first-order valence-corrected chi connectivity index (χ1v) is 7.39. The summed E-state index contributed by atoms with van der Waals surface area (Å²) in [5.74, 6) is -0.283. The number of amides is 2. The zero-order valence-corrected chi connectivity index (χ0v) is 12.2. The summed E-state index contributed by atoms with van der Waals surface area (Å²) in [6, 6.07) is 5.34. The van der Waals surface area contributed by atoms with Crippen molar-refractivity contribution < 1.29 is 9.59 Å². The van der Waals surface area contributed by atoms with Crippen molar-refractivity contribution in [3.05, 3.63) is 29.6 Å². The molecule has 0 unspecified atom stereocenters. The van der Waals surface area contributed by atoms with Crippen LogP contribution in [0.5, 0.6) is 0 Å². The minimum atomic E-state index is -0.189. The van der Waals surface area contributed by atoms with E-state index in [9.17, 15) is 9.59 Å². The van der Waals surface area contributed by atoms with Crippen LogP contribution in [-0.2, 0) is 0 Å². The van der Waals surface area contributed by atoms with Crippen molar-refractivity contribution in [2.24, 2.45) is 0 Å². The highest BCUT2D eigenvalue weighted by molar-refractivity contribution is 5.96. The van der Waals surface area contributed by atoms with E-state index in [4.69, 9.17) is 0 Å². The Hall–Kier alpha value is -1.95. The third kappa shape index (κ3) is 3.39. The fourth-order valence-electron chi connectivity index (χ4n) is 2.34. The maximum absolute atomic E-state index is 12.4. The van der Waals surface area contributed by atoms with Crippen molar-refractivity contribution >= 4 is 11.8 Å². The molecule has 2 fully saturated rings. The Kier molecular flexibility index (Phi) is 3.88. The second kappa shape index (κ2) is 5.81. The number of hydrogen-bond acceptors (Lipinski definition) is 4. The summed E-state index contributed by atoms with van der Waals surface area (Å²) >= 11 is 0. The van der Waals surface area contributed by atoms with E-state index < -0.39 is 0 Å². The number of piperazine rings is 1. The Bertz CT molecular complexity index is 548. The molecule has 0 bridgehead atoms. The zero-order chi connectivity index (χ0) is 14.8. The van der Waals surface area contributed by atoms with Crippen LogP contribution in [0, 0.1) is 0 Å². The van der Waals surface area contributed by atoms with Gasteiger partial charge in [-0.1, -0.05) is 6.07 Å². The van der Waals surface area contributed by atoms with Crippen LogP contribution in [0.3, 0.4) is 0 Å². The third-order valence-corrected chi connectivity index (χ3v) is 3.90. The first kappa shape index (κ1) is 14.0. The van der Waals surface area contributed by atoms with Gasteiger partial charge in [0.1, 0.15) is 11.4 Å². The van der Waals surface area contributed by atoms with Crippen molar-refractivity contribution in [2.75, 3.05) is 33.2 Å². The molecular formula is C15H20N4O2. The van der Waals surface area contributed by atoms with Gasteiger partial charge in [0.2, 0.25) is 0 Å². The molecule has 1 saturated carbocycles. The summed E-state index contributed by atoms with van der Waals surface area (Å²) < 4.78 is 0. The van der Waals surface area contributed by atoms with E-state index in [2.05, 4.69) is 15.2 Å². The van der Waals surface area contributed by atoms with E-state index in [-0.39, 0.29) is 17.9 Å². The number of carbonyl (C=O) groups is 2. The lowest BCUT2D eigenvalue weighted by Crippen LogP contribution is -2.47. The SMILES string of the molecule is CN1CCN(C(=O)c2cccc(C(=O)NC3CC3)n2)CC1. The lowest BCUT2D eigenvalue weighted by atomic mass is 10.2. The fourth-order valence-corrected chi connectivity index (χ4v) is 2.34. The Morgan fingerprint density at radius 2 is 1.81 bits per heavy atom. The van der Waals surface area contributed by atoms with E-state index in [0.29, 0.717) is 24.5 Å². The number of likely N-dealkylation sites (N-methyl/N-ethyl adjacent to an activating group) is 1. The molecule has 21 heavy (non-hydrogen) atoms. The maximum atomic E-state index is 12.4. The number of rotatable bonds is 3. The second-order valence-electron chi connectivity index (χ2n) is 5.75. The van der Waals surface area contributed by atoms with Crippen LogP contribution < -0.4 is 5.32 Å². The fraction of sp³-hybridized carbons (Fsp3) is 0.533. The molecule has 0 aromatic carbocycles. The highest BCUT2D eigenvalue weighted by atomic mass is 16.2. The molecule has 1 saturated heterocycles. The molecule has 1 N–H and O–H groups in total. The molecule has 0 spiro atoms. The van der Waals surface area contributed by atoms with Gasteiger partial charge >= 0.3 is 0 Å². The molecular weight excluding hydrogens is 268 g/mol. The van der Waals surface area contributed by atoms with Crippen LogP contribution >= 0.6 is 0 Å². The molecule has 2 heterocycles. The summed E-state index contributed by atoms with van der Waals surface area (Å²) in [5.41, 5.74) is 0.671. The molecule has 6 heteroatoms. The van der Waals surface area contributed by atoms with Gasteiger partial charge in [0.15, 0.2) is 0 Å². The smallest absolute Gasteiger partial charge is 0.272 e. The van der Waals surface area contributed by atoms with Crippen molar-refractivity contribution in [1.82, 2.24) is 20.1 Å². The first-order chi connectivity index (χ1) is 10.1. The van der Waals surface area contributed by atoms with Crippen molar-refractivity contribution in [2.45, 2.75) is 18.9 Å². The minimum absolute atomic E-state index is 0.0934. The van der Waals surface area contributed by atoms with Crippen LogP contribution in [-0.4, -0.2) is 65.9 Å². The number of aromatic nitrogens is 1. The van der Waals surface area contributed by atoms with E-state index >= 15 is 0 Å². The molecule has 1 aliphatic carbocycles. The van der Waals surface area contributed by atoms with Crippen molar-refractivity contribution in [3.8, 4) is 0 Å². The predicted molar refractivity (Wildman–Crippen MR) is 78.1 cm³/mol. The second-order valence-corrected chi connectivity index (χ2v) is 5.75. The third-order valence-electron chi connectivity index (χ3n) is 3.90. The number of carbonyl (C=O) groups excluding carboxylic acids is 2. The quantitative estimate of drug-likeness (QED) is 0.872. The summed E-state index contributed by atoms with van der Waals surface area (Å²) in [4.78, 5) is 32.6. The zero-order valence-electron chi connectivity index (χ0n) is 12.2. The number of nitrogens with zero attached hydrogens (tertiary/aromatic N) is 3. The van der Waals surface area contributed by atoms with Crippen LogP contribution in [0.15, 0.2) is 18.2 Å². The van der Waals surface area contributed by atoms with Crippen LogP contribution in [0.2, 0.25) is 0 Å². The maximum Gasteiger partial charge on any atom is 0.272 e. The molecule has 2 amide bonds. The van der Waals surface area contributed by atoms with E-state index in [1.54, 1.807) is 23.1 Å². The van der Waals surface area contributed by atoms with Gasteiger partial charge in [-0.2, -0.15) is 0 Å². The highest BCUT2D eigenvalue weighted by Gasteiger charge is 2.25. The lowest BCUT2D eigenvalue weighted by Gasteiger charge is -2.32. The Balaban J connectivity index is 1.69. The van der Waals surface area contributed by atoms with E-state index in [1.165, 1.54) is 0 Å².